The highest BCUT2D eigenvalue weighted by Crippen LogP contribution is 2.21. The average molecular weight is 250 g/mol. The average Bonchev–Trinajstić information content (AvgIpc) is 2.66. The van der Waals surface area contributed by atoms with Crippen molar-refractivity contribution in [3.8, 4) is 0 Å². The molecule has 2 aromatic rings. The molecule has 0 bridgehead atoms. The Labute approximate surface area is 106 Å². The monoisotopic (exact) mass is 250 g/mol. The van der Waals surface area contributed by atoms with E-state index in [-0.39, 0.29) is 0 Å². The molecule has 3 N–H and O–H groups in total. The summed E-state index contributed by atoms with van der Waals surface area (Å²) in [6.45, 7) is 1.11. The highest BCUT2D eigenvalue weighted by Gasteiger charge is 2.03. The smallest absolute Gasteiger partial charge is 0.166 e. The minimum atomic E-state index is 0.769. The van der Waals surface area contributed by atoms with Gasteiger partial charge < -0.3 is 15.6 Å². The molecule has 0 unspecified atom stereocenters. The molecular weight excluding hydrogens is 232 g/mol. The quantitative estimate of drug-likeness (QED) is 0.485. The number of imidazole rings is 1. The van der Waals surface area contributed by atoms with Gasteiger partial charge in [0, 0.05) is 11.4 Å². The van der Waals surface area contributed by atoms with Crippen LogP contribution in [-0.2, 0) is 0 Å². The summed E-state index contributed by atoms with van der Waals surface area (Å²) < 4.78 is 0. The lowest BCUT2D eigenvalue weighted by Crippen LogP contribution is -2.13. The van der Waals surface area contributed by atoms with Crippen molar-refractivity contribution in [3.63, 3.8) is 0 Å². The van der Waals surface area contributed by atoms with Crippen molar-refractivity contribution in [1.29, 1.82) is 0 Å². The Balaban J connectivity index is 1.95. The van der Waals surface area contributed by atoms with E-state index in [0.29, 0.717) is 0 Å². The predicted octanol–water partition coefficient (Wildman–Crippen LogP) is 2.19. The maximum Gasteiger partial charge on any atom is 0.166 e. The maximum absolute atomic E-state index is 5.73. The third kappa shape index (κ3) is 3.38. The molecule has 2 rings (SSSR count). The zero-order chi connectivity index (χ0) is 12.3. The molecule has 92 valence electrons. The molecule has 1 aromatic heterocycles. The number of benzene rings is 1. The number of aromatic nitrogens is 2. The second-order valence-electron chi connectivity index (χ2n) is 4.32. The Morgan fingerprint density at radius 3 is 3.00 bits per heavy atom. The predicted molar refractivity (Wildman–Crippen MR) is 74.4 cm³/mol. The number of fused-ring (bicyclic) bond motifs is 1. The van der Waals surface area contributed by atoms with Crippen molar-refractivity contribution in [3.05, 3.63) is 18.2 Å². The lowest BCUT2D eigenvalue weighted by molar-refractivity contribution is 0.410. The number of hydrogen-bond donors (Lipinski definition) is 2. The summed E-state index contributed by atoms with van der Waals surface area (Å²) in [4.78, 5) is 9.99. The van der Waals surface area contributed by atoms with Crippen LogP contribution in [0, 0.1) is 0 Å². The number of nitrogens with zero attached hydrogens (tertiary/aromatic N) is 2. The molecule has 5 heteroatoms. The zero-order valence-corrected chi connectivity index (χ0v) is 11.0. The van der Waals surface area contributed by atoms with Crippen molar-refractivity contribution < 1.29 is 0 Å². The summed E-state index contributed by atoms with van der Waals surface area (Å²) in [5.74, 6) is 1.08. The number of nitrogen functional groups attached to an aromatic ring is 1. The van der Waals surface area contributed by atoms with Crippen LogP contribution in [0.25, 0.3) is 11.0 Å². The lowest BCUT2D eigenvalue weighted by Gasteiger charge is -2.07. The normalized spacial score (nSPS) is 11.5. The lowest BCUT2D eigenvalue weighted by atomic mass is 10.3. The molecule has 0 radical (unpaired) electrons. The summed E-state index contributed by atoms with van der Waals surface area (Å²) in [6.07, 6.45) is 1.16. The summed E-state index contributed by atoms with van der Waals surface area (Å²) in [6, 6.07) is 5.75. The number of anilines is 1. The van der Waals surface area contributed by atoms with Crippen molar-refractivity contribution in [2.24, 2.45) is 0 Å². The molecule has 0 aliphatic rings. The van der Waals surface area contributed by atoms with E-state index in [1.54, 1.807) is 11.8 Å². The Kier molecular flexibility index (Phi) is 3.91. The third-order valence-corrected chi connectivity index (χ3v) is 3.43. The molecule has 0 aliphatic heterocycles. The fourth-order valence-electron chi connectivity index (χ4n) is 1.62. The van der Waals surface area contributed by atoms with Crippen molar-refractivity contribution in [2.45, 2.75) is 11.6 Å². The Morgan fingerprint density at radius 2 is 2.24 bits per heavy atom. The number of nitrogens with one attached hydrogen (secondary N) is 1. The van der Waals surface area contributed by atoms with Crippen LogP contribution in [0.4, 0.5) is 5.69 Å². The van der Waals surface area contributed by atoms with Crippen LogP contribution in [0.3, 0.4) is 0 Å². The summed E-state index contributed by atoms with van der Waals surface area (Å²) in [7, 11) is 4.18. The van der Waals surface area contributed by atoms with E-state index >= 15 is 0 Å². The molecule has 1 heterocycles. The Hall–Kier alpha value is -1.20. The van der Waals surface area contributed by atoms with Crippen LogP contribution < -0.4 is 5.73 Å². The van der Waals surface area contributed by atoms with Gasteiger partial charge in [-0.25, -0.2) is 4.98 Å². The van der Waals surface area contributed by atoms with Gasteiger partial charge in [0.25, 0.3) is 0 Å². The van der Waals surface area contributed by atoms with E-state index in [2.05, 4.69) is 29.0 Å². The van der Waals surface area contributed by atoms with Gasteiger partial charge in [-0.2, -0.15) is 0 Å². The third-order valence-electron chi connectivity index (χ3n) is 2.47. The van der Waals surface area contributed by atoms with Gasteiger partial charge in [-0.05, 0) is 45.3 Å². The summed E-state index contributed by atoms with van der Waals surface area (Å²) in [5, 5.41) is 0.976. The summed E-state index contributed by atoms with van der Waals surface area (Å²) in [5.41, 5.74) is 8.49. The van der Waals surface area contributed by atoms with Crippen molar-refractivity contribution in [1.82, 2.24) is 14.9 Å². The largest absolute Gasteiger partial charge is 0.399 e. The topological polar surface area (TPSA) is 57.9 Å². The van der Waals surface area contributed by atoms with E-state index in [1.165, 1.54) is 0 Å². The van der Waals surface area contributed by atoms with Crippen molar-refractivity contribution in [2.75, 3.05) is 32.1 Å². The van der Waals surface area contributed by atoms with Gasteiger partial charge in [0.1, 0.15) is 0 Å². The molecule has 0 fully saturated rings. The molecule has 0 aliphatic carbocycles. The van der Waals surface area contributed by atoms with Gasteiger partial charge in [-0.15, -0.1) is 0 Å². The highest BCUT2D eigenvalue weighted by molar-refractivity contribution is 7.99. The molecule has 1 aromatic carbocycles. The second-order valence-corrected chi connectivity index (χ2v) is 5.41. The van der Waals surface area contributed by atoms with E-state index < -0.39 is 0 Å². The molecular formula is C12H18N4S. The number of aromatic amines is 1. The zero-order valence-electron chi connectivity index (χ0n) is 10.2. The van der Waals surface area contributed by atoms with Crippen LogP contribution in [0.1, 0.15) is 6.42 Å². The number of rotatable bonds is 5. The van der Waals surface area contributed by atoms with Gasteiger partial charge >= 0.3 is 0 Å². The maximum atomic E-state index is 5.73. The van der Waals surface area contributed by atoms with Crippen LogP contribution in [0.2, 0.25) is 0 Å². The first kappa shape index (κ1) is 12.3. The van der Waals surface area contributed by atoms with E-state index in [1.807, 2.05) is 18.2 Å². The Morgan fingerprint density at radius 1 is 1.41 bits per heavy atom. The van der Waals surface area contributed by atoms with Crippen molar-refractivity contribution >= 4 is 28.5 Å². The molecule has 0 amide bonds. The first-order valence-corrected chi connectivity index (χ1v) is 6.66. The van der Waals surface area contributed by atoms with Gasteiger partial charge in [-0.3, -0.25) is 0 Å². The molecule has 17 heavy (non-hydrogen) atoms. The summed E-state index contributed by atoms with van der Waals surface area (Å²) >= 11 is 1.76. The fourth-order valence-corrected chi connectivity index (χ4v) is 2.43. The molecule has 0 saturated carbocycles. The van der Waals surface area contributed by atoms with E-state index in [4.69, 9.17) is 5.73 Å². The molecule has 0 saturated heterocycles. The SMILES string of the molecule is CN(C)CCCSc1nc2ccc(N)cc2[nH]1. The van der Waals surface area contributed by atoms with E-state index in [9.17, 15) is 0 Å². The number of thioether (sulfide) groups is 1. The number of hydrogen-bond acceptors (Lipinski definition) is 4. The minimum absolute atomic E-state index is 0.769. The van der Waals surface area contributed by atoms with Crippen LogP contribution in [0.15, 0.2) is 23.4 Å². The minimum Gasteiger partial charge on any atom is -0.399 e. The van der Waals surface area contributed by atoms with Gasteiger partial charge in [0.2, 0.25) is 0 Å². The standard InChI is InChI=1S/C12H18N4S/c1-16(2)6-3-7-17-12-14-10-5-4-9(13)8-11(10)15-12/h4-5,8H,3,6-7,13H2,1-2H3,(H,14,15). The molecule has 0 spiro atoms. The van der Waals surface area contributed by atoms with Gasteiger partial charge in [0.05, 0.1) is 11.0 Å². The van der Waals surface area contributed by atoms with Gasteiger partial charge in [0.15, 0.2) is 5.16 Å². The number of H-pyrrole nitrogens is 1. The van der Waals surface area contributed by atoms with Crippen LogP contribution in [0.5, 0.6) is 0 Å². The molecule has 4 nitrogen and oxygen atoms in total. The molecule has 0 atom stereocenters. The Bertz CT molecular complexity index is 492. The van der Waals surface area contributed by atoms with Crippen LogP contribution >= 0.6 is 11.8 Å². The fraction of sp³-hybridized carbons (Fsp3) is 0.417. The highest BCUT2D eigenvalue weighted by atomic mass is 32.2. The van der Waals surface area contributed by atoms with Crippen LogP contribution in [-0.4, -0.2) is 41.3 Å². The van der Waals surface area contributed by atoms with E-state index in [0.717, 1.165) is 40.6 Å². The van der Waals surface area contributed by atoms with Gasteiger partial charge in [-0.1, -0.05) is 11.8 Å². The first-order valence-electron chi connectivity index (χ1n) is 5.68. The first-order chi connectivity index (χ1) is 8.15. The second kappa shape index (κ2) is 5.42. The number of nitrogens with two attached hydrogens (primary N) is 1.